The number of carboxylic acids is 1. The second-order valence-corrected chi connectivity index (χ2v) is 2.48. The molecule has 0 aliphatic carbocycles. The van der Waals surface area contributed by atoms with E-state index in [1.165, 1.54) is 0 Å². The Kier molecular flexibility index (Phi) is 6.57. The van der Waals surface area contributed by atoms with Crippen molar-refractivity contribution in [3.8, 4) is 0 Å². The maximum Gasteiger partial charge on any atom is 0.339 e. The van der Waals surface area contributed by atoms with Crippen LogP contribution in [0.25, 0.3) is 0 Å². The van der Waals surface area contributed by atoms with E-state index in [0.717, 1.165) is 6.92 Å². The quantitative estimate of drug-likeness (QED) is 0.559. The number of aliphatic carboxylic acids is 1. The van der Waals surface area contributed by atoms with E-state index in [1.807, 2.05) is 6.07 Å². The van der Waals surface area contributed by atoms with Gasteiger partial charge < -0.3 is 9.84 Å². The van der Waals surface area contributed by atoms with Gasteiger partial charge in [-0.2, -0.15) is 0 Å². The lowest BCUT2D eigenvalue weighted by Gasteiger charge is -1.99. The first kappa shape index (κ1) is 13.1. The SMILES string of the molecule is CC(=O)O.NCOC(=O)c1ccccc1. The Balaban J connectivity index is 0.000000423. The predicted molar refractivity (Wildman–Crippen MR) is 54.2 cm³/mol. The Morgan fingerprint density at radius 1 is 1.33 bits per heavy atom. The van der Waals surface area contributed by atoms with E-state index in [-0.39, 0.29) is 12.7 Å². The third-order valence-corrected chi connectivity index (χ3v) is 1.22. The van der Waals surface area contributed by atoms with Crippen molar-refractivity contribution in [3.05, 3.63) is 35.9 Å². The van der Waals surface area contributed by atoms with Gasteiger partial charge in [0.15, 0.2) is 0 Å². The third kappa shape index (κ3) is 7.21. The molecule has 5 nitrogen and oxygen atoms in total. The summed E-state index contributed by atoms with van der Waals surface area (Å²) in [5, 5.41) is 7.42. The number of carbonyl (C=O) groups is 2. The van der Waals surface area contributed by atoms with Gasteiger partial charge in [0.05, 0.1) is 5.56 Å². The molecule has 0 radical (unpaired) electrons. The first-order valence-electron chi connectivity index (χ1n) is 4.19. The summed E-state index contributed by atoms with van der Waals surface area (Å²) in [6, 6.07) is 8.73. The van der Waals surface area contributed by atoms with Crippen LogP contribution in [0.2, 0.25) is 0 Å². The molecule has 0 amide bonds. The van der Waals surface area contributed by atoms with Crippen molar-refractivity contribution in [2.24, 2.45) is 5.73 Å². The molecule has 0 bridgehead atoms. The lowest BCUT2D eigenvalue weighted by atomic mass is 10.2. The van der Waals surface area contributed by atoms with Gasteiger partial charge in [-0.1, -0.05) is 18.2 Å². The van der Waals surface area contributed by atoms with E-state index >= 15 is 0 Å². The molecule has 0 unspecified atom stereocenters. The van der Waals surface area contributed by atoms with E-state index in [9.17, 15) is 4.79 Å². The smallest absolute Gasteiger partial charge is 0.339 e. The van der Waals surface area contributed by atoms with Crippen LogP contribution < -0.4 is 5.73 Å². The number of benzene rings is 1. The van der Waals surface area contributed by atoms with Crippen molar-refractivity contribution in [1.82, 2.24) is 0 Å². The fourth-order valence-corrected chi connectivity index (χ4v) is 0.733. The summed E-state index contributed by atoms with van der Waals surface area (Å²) in [5.41, 5.74) is 5.55. The number of hydrogen-bond acceptors (Lipinski definition) is 4. The molecule has 1 rings (SSSR count). The summed E-state index contributed by atoms with van der Waals surface area (Å²) >= 11 is 0. The predicted octanol–water partition coefficient (Wildman–Crippen LogP) is 0.850. The molecule has 0 aromatic heterocycles. The first-order valence-corrected chi connectivity index (χ1v) is 4.19. The molecule has 1 aromatic carbocycles. The van der Waals surface area contributed by atoms with E-state index in [4.69, 9.17) is 15.6 Å². The minimum absolute atomic E-state index is 0.0757. The highest BCUT2D eigenvalue weighted by atomic mass is 16.5. The average molecular weight is 211 g/mol. The zero-order valence-corrected chi connectivity index (χ0v) is 8.34. The molecule has 3 N–H and O–H groups in total. The summed E-state index contributed by atoms with van der Waals surface area (Å²) in [7, 11) is 0. The molecule has 1 aromatic rings. The van der Waals surface area contributed by atoms with Crippen molar-refractivity contribution >= 4 is 11.9 Å². The molecule has 0 aliphatic rings. The molecule has 5 heteroatoms. The summed E-state index contributed by atoms with van der Waals surface area (Å²) in [5.74, 6) is -1.21. The van der Waals surface area contributed by atoms with Gasteiger partial charge >= 0.3 is 5.97 Å². The van der Waals surface area contributed by atoms with E-state index < -0.39 is 5.97 Å². The van der Waals surface area contributed by atoms with E-state index in [1.54, 1.807) is 24.3 Å². The Hall–Kier alpha value is -1.88. The highest BCUT2D eigenvalue weighted by Crippen LogP contribution is 1.99. The van der Waals surface area contributed by atoms with Crippen LogP contribution in [0.15, 0.2) is 30.3 Å². The van der Waals surface area contributed by atoms with Crippen molar-refractivity contribution in [2.45, 2.75) is 6.92 Å². The summed E-state index contributed by atoms with van der Waals surface area (Å²) in [6.07, 6.45) is 0. The third-order valence-electron chi connectivity index (χ3n) is 1.22. The van der Waals surface area contributed by atoms with Gasteiger partial charge in [0.2, 0.25) is 0 Å². The van der Waals surface area contributed by atoms with Crippen LogP contribution in [-0.2, 0) is 9.53 Å². The van der Waals surface area contributed by atoms with Crippen molar-refractivity contribution < 1.29 is 19.4 Å². The molecule has 0 spiro atoms. The number of carboxylic acid groups (broad SMARTS) is 1. The molecule has 0 aliphatic heterocycles. The van der Waals surface area contributed by atoms with E-state index in [0.29, 0.717) is 5.56 Å². The fraction of sp³-hybridized carbons (Fsp3) is 0.200. The monoisotopic (exact) mass is 211 g/mol. The Morgan fingerprint density at radius 3 is 2.20 bits per heavy atom. The van der Waals surface area contributed by atoms with Gasteiger partial charge in [-0.15, -0.1) is 0 Å². The number of nitrogens with two attached hydrogens (primary N) is 1. The highest BCUT2D eigenvalue weighted by Gasteiger charge is 2.02. The highest BCUT2D eigenvalue weighted by molar-refractivity contribution is 5.89. The minimum atomic E-state index is -0.833. The largest absolute Gasteiger partial charge is 0.481 e. The van der Waals surface area contributed by atoms with Gasteiger partial charge in [0.1, 0.15) is 6.73 Å². The van der Waals surface area contributed by atoms with Crippen molar-refractivity contribution in [2.75, 3.05) is 6.73 Å². The molecule has 0 fully saturated rings. The molecule has 0 atom stereocenters. The lowest BCUT2D eigenvalue weighted by molar-refractivity contribution is -0.134. The van der Waals surface area contributed by atoms with Crippen LogP contribution in [0.3, 0.4) is 0 Å². The molecule has 0 heterocycles. The molecular weight excluding hydrogens is 198 g/mol. The van der Waals surface area contributed by atoms with Gasteiger partial charge in [0, 0.05) is 6.92 Å². The molecule has 0 saturated heterocycles. The molecule has 15 heavy (non-hydrogen) atoms. The molecular formula is C10H13NO4. The Morgan fingerprint density at radius 2 is 1.80 bits per heavy atom. The average Bonchev–Trinajstić information content (AvgIpc) is 2.19. The molecule has 82 valence electrons. The summed E-state index contributed by atoms with van der Waals surface area (Å²) < 4.78 is 4.57. The van der Waals surface area contributed by atoms with Gasteiger partial charge in [0.25, 0.3) is 5.97 Å². The van der Waals surface area contributed by atoms with Gasteiger partial charge in [-0.05, 0) is 12.1 Å². The van der Waals surface area contributed by atoms with Crippen LogP contribution in [-0.4, -0.2) is 23.8 Å². The van der Waals surface area contributed by atoms with Crippen LogP contribution in [0, 0.1) is 0 Å². The van der Waals surface area contributed by atoms with Crippen LogP contribution in [0.4, 0.5) is 0 Å². The van der Waals surface area contributed by atoms with E-state index in [2.05, 4.69) is 4.74 Å². The maximum absolute atomic E-state index is 10.9. The van der Waals surface area contributed by atoms with Crippen LogP contribution in [0.5, 0.6) is 0 Å². The topological polar surface area (TPSA) is 89.6 Å². The van der Waals surface area contributed by atoms with Crippen LogP contribution in [0.1, 0.15) is 17.3 Å². The fourth-order valence-electron chi connectivity index (χ4n) is 0.733. The van der Waals surface area contributed by atoms with Crippen molar-refractivity contribution in [1.29, 1.82) is 0 Å². The Labute approximate surface area is 87.5 Å². The zero-order chi connectivity index (χ0) is 11.7. The number of esters is 1. The van der Waals surface area contributed by atoms with Gasteiger partial charge in [-0.3, -0.25) is 10.5 Å². The maximum atomic E-state index is 10.9. The second kappa shape index (κ2) is 7.52. The second-order valence-electron chi connectivity index (χ2n) is 2.48. The minimum Gasteiger partial charge on any atom is -0.481 e. The van der Waals surface area contributed by atoms with Crippen LogP contribution >= 0.6 is 0 Å². The number of hydrogen-bond donors (Lipinski definition) is 2. The Bertz CT molecular complexity index is 306. The molecule has 0 saturated carbocycles. The first-order chi connectivity index (χ1) is 7.07. The summed E-state index contributed by atoms with van der Waals surface area (Å²) in [6.45, 7) is 1.01. The van der Waals surface area contributed by atoms with Gasteiger partial charge in [-0.25, -0.2) is 4.79 Å². The lowest BCUT2D eigenvalue weighted by Crippen LogP contribution is -2.11. The zero-order valence-electron chi connectivity index (χ0n) is 8.34. The van der Waals surface area contributed by atoms with Crippen molar-refractivity contribution in [3.63, 3.8) is 0 Å². The number of carbonyl (C=O) groups excluding carboxylic acids is 1. The normalized spacial score (nSPS) is 8.40. The summed E-state index contributed by atoms with van der Waals surface area (Å²) in [4.78, 5) is 19.9. The number of ether oxygens (including phenoxy) is 1. The number of rotatable bonds is 2. The standard InChI is InChI=1S/C8H9NO2.C2H4O2/c9-6-11-8(10)7-4-2-1-3-5-7;1-2(3)4/h1-5H,6,9H2;1H3,(H,3,4).